The lowest BCUT2D eigenvalue weighted by atomic mass is 10.1. The number of nitrogens with zero attached hydrogens (tertiary/aromatic N) is 2. The molecule has 15 heavy (non-hydrogen) atoms. The molecule has 0 fully saturated rings. The molecule has 0 atom stereocenters. The largest absolute Gasteiger partial charge is 0.266 e. The molecule has 1 aromatic heterocycles. The van der Waals surface area contributed by atoms with Crippen LogP contribution in [0.25, 0.3) is 0 Å². The molecule has 0 N–H and O–H groups in total. The van der Waals surface area contributed by atoms with Gasteiger partial charge in [-0.25, -0.2) is 0 Å². The van der Waals surface area contributed by atoms with Crippen LogP contribution >= 0.6 is 34.2 Å². The second-order valence-corrected chi connectivity index (χ2v) is 4.88. The number of aryl methyl sites for hydroxylation is 1. The maximum atomic E-state index is 5.94. The fourth-order valence-electron chi connectivity index (χ4n) is 1.45. The van der Waals surface area contributed by atoms with Crippen molar-refractivity contribution in [2.24, 2.45) is 0 Å². The van der Waals surface area contributed by atoms with E-state index >= 15 is 0 Å². The van der Waals surface area contributed by atoms with Gasteiger partial charge in [0.05, 0.1) is 11.6 Å². The van der Waals surface area contributed by atoms with E-state index in [-0.39, 0.29) is 0 Å². The van der Waals surface area contributed by atoms with Crippen LogP contribution in [0.4, 0.5) is 0 Å². The fourth-order valence-corrected chi connectivity index (χ4v) is 2.02. The van der Waals surface area contributed by atoms with Gasteiger partial charge in [-0.05, 0) is 35.1 Å². The highest BCUT2D eigenvalue weighted by Crippen LogP contribution is 2.16. The number of hydrogen-bond donors (Lipinski definition) is 0. The lowest BCUT2D eigenvalue weighted by Crippen LogP contribution is -2.00. The van der Waals surface area contributed by atoms with Gasteiger partial charge in [-0.2, -0.15) is 5.10 Å². The Morgan fingerprint density at radius 1 is 1.47 bits per heavy atom. The van der Waals surface area contributed by atoms with Gasteiger partial charge >= 0.3 is 0 Å². The Morgan fingerprint density at radius 2 is 2.27 bits per heavy atom. The van der Waals surface area contributed by atoms with Gasteiger partial charge in [0.1, 0.15) is 3.70 Å². The molecule has 1 heterocycles. The monoisotopic (exact) mass is 332 g/mol. The van der Waals surface area contributed by atoms with Crippen LogP contribution in [-0.4, -0.2) is 9.78 Å². The van der Waals surface area contributed by atoms with E-state index in [1.807, 2.05) is 10.9 Å². The molecule has 0 aliphatic carbocycles. The number of halogens is 2. The van der Waals surface area contributed by atoms with Crippen LogP contribution in [-0.2, 0) is 6.54 Å². The van der Waals surface area contributed by atoms with Crippen molar-refractivity contribution < 1.29 is 0 Å². The van der Waals surface area contributed by atoms with Crippen molar-refractivity contribution in [3.8, 4) is 0 Å². The van der Waals surface area contributed by atoms with E-state index in [1.165, 1.54) is 11.1 Å². The predicted molar refractivity (Wildman–Crippen MR) is 70.2 cm³/mol. The molecule has 2 rings (SSSR count). The van der Waals surface area contributed by atoms with Gasteiger partial charge in [0.2, 0.25) is 0 Å². The number of aromatic nitrogens is 2. The normalized spacial score (nSPS) is 10.6. The Balaban J connectivity index is 2.22. The van der Waals surface area contributed by atoms with E-state index in [9.17, 15) is 0 Å². The van der Waals surface area contributed by atoms with Crippen molar-refractivity contribution >= 4 is 34.2 Å². The lowest BCUT2D eigenvalue weighted by Gasteiger charge is -2.02. The first kappa shape index (κ1) is 11.0. The third-order valence-corrected chi connectivity index (χ3v) is 3.50. The molecule has 1 aromatic carbocycles. The molecule has 2 aromatic rings. The summed E-state index contributed by atoms with van der Waals surface area (Å²) in [6.45, 7) is 2.85. The van der Waals surface area contributed by atoms with Crippen molar-refractivity contribution in [3.63, 3.8) is 0 Å². The van der Waals surface area contributed by atoms with Crippen LogP contribution in [0.2, 0.25) is 5.02 Å². The summed E-state index contributed by atoms with van der Waals surface area (Å²) < 4.78 is 2.71. The predicted octanol–water partition coefficient (Wildman–Crippen LogP) is 3.50. The zero-order chi connectivity index (χ0) is 10.8. The second kappa shape index (κ2) is 4.53. The van der Waals surface area contributed by atoms with Gasteiger partial charge < -0.3 is 0 Å². The molecule has 0 aliphatic rings. The van der Waals surface area contributed by atoms with E-state index < -0.39 is 0 Å². The highest BCUT2D eigenvalue weighted by atomic mass is 127. The highest BCUT2D eigenvalue weighted by Gasteiger charge is 2.03. The Bertz CT molecular complexity index is 460. The van der Waals surface area contributed by atoms with Crippen LogP contribution in [0.1, 0.15) is 11.1 Å². The van der Waals surface area contributed by atoms with Gasteiger partial charge in [0.25, 0.3) is 0 Å². The maximum Gasteiger partial charge on any atom is 0.141 e. The van der Waals surface area contributed by atoms with Crippen molar-refractivity contribution in [1.29, 1.82) is 0 Å². The van der Waals surface area contributed by atoms with Crippen molar-refractivity contribution in [2.45, 2.75) is 13.5 Å². The number of hydrogen-bond acceptors (Lipinski definition) is 1. The first-order valence-electron chi connectivity index (χ1n) is 4.59. The highest BCUT2D eigenvalue weighted by molar-refractivity contribution is 14.1. The Kier molecular flexibility index (Phi) is 3.31. The molecule has 0 amide bonds. The molecule has 78 valence electrons. The fraction of sp³-hybridized carbons (Fsp3) is 0.182. The second-order valence-electron chi connectivity index (χ2n) is 3.45. The third-order valence-electron chi connectivity index (χ3n) is 2.10. The molecule has 0 saturated carbocycles. The topological polar surface area (TPSA) is 17.8 Å². The minimum Gasteiger partial charge on any atom is -0.266 e. The van der Waals surface area contributed by atoms with Crippen molar-refractivity contribution in [3.05, 3.63) is 50.3 Å². The average Bonchev–Trinajstić information content (AvgIpc) is 2.45. The quantitative estimate of drug-likeness (QED) is 0.770. The zero-order valence-electron chi connectivity index (χ0n) is 8.24. The molecule has 0 saturated heterocycles. The zero-order valence-corrected chi connectivity index (χ0v) is 11.2. The molecule has 2 nitrogen and oxygen atoms in total. The summed E-state index contributed by atoms with van der Waals surface area (Å²) in [4.78, 5) is 0. The van der Waals surface area contributed by atoms with Crippen LogP contribution in [0.3, 0.4) is 0 Å². The SMILES string of the molecule is Cc1cccc(Cn2cc(Cl)c(I)n2)c1. The van der Waals surface area contributed by atoms with Crippen LogP contribution in [0, 0.1) is 10.6 Å². The summed E-state index contributed by atoms with van der Waals surface area (Å²) in [5, 5.41) is 5.02. The lowest BCUT2D eigenvalue weighted by molar-refractivity contribution is 0.681. The van der Waals surface area contributed by atoms with Gasteiger partial charge in [0.15, 0.2) is 0 Å². The van der Waals surface area contributed by atoms with Gasteiger partial charge in [-0.15, -0.1) is 0 Å². The molecule has 0 bridgehead atoms. The smallest absolute Gasteiger partial charge is 0.141 e. The minimum absolute atomic E-state index is 0.711. The summed E-state index contributed by atoms with van der Waals surface area (Å²) >= 11 is 8.07. The summed E-state index contributed by atoms with van der Waals surface area (Å²) in [7, 11) is 0. The molecule has 4 heteroatoms. The Hall–Kier alpha value is -0.550. The minimum atomic E-state index is 0.711. The summed E-state index contributed by atoms with van der Waals surface area (Å²) in [6, 6.07) is 8.39. The van der Waals surface area contributed by atoms with Crippen molar-refractivity contribution in [2.75, 3.05) is 0 Å². The first-order chi connectivity index (χ1) is 7.15. The maximum absolute atomic E-state index is 5.94. The Morgan fingerprint density at radius 3 is 2.87 bits per heavy atom. The molecule has 0 aliphatic heterocycles. The molecule has 0 unspecified atom stereocenters. The van der Waals surface area contributed by atoms with Gasteiger partial charge in [0, 0.05) is 6.20 Å². The van der Waals surface area contributed by atoms with E-state index in [4.69, 9.17) is 11.6 Å². The summed E-state index contributed by atoms with van der Waals surface area (Å²) in [5.74, 6) is 0. The van der Waals surface area contributed by atoms with Gasteiger partial charge in [-0.1, -0.05) is 41.4 Å². The molecule has 0 spiro atoms. The van der Waals surface area contributed by atoms with E-state index in [1.54, 1.807) is 0 Å². The Labute approximate surface area is 107 Å². The number of rotatable bonds is 2. The number of benzene rings is 1. The van der Waals surface area contributed by atoms with E-state index in [2.05, 4.69) is 58.9 Å². The van der Waals surface area contributed by atoms with E-state index in [0.29, 0.717) is 5.02 Å². The molecule has 0 radical (unpaired) electrons. The van der Waals surface area contributed by atoms with Crippen LogP contribution in [0.5, 0.6) is 0 Å². The van der Waals surface area contributed by atoms with Crippen LogP contribution < -0.4 is 0 Å². The summed E-state index contributed by atoms with van der Waals surface area (Å²) in [6.07, 6.45) is 1.85. The van der Waals surface area contributed by atoms with Crippen LogP contribution in [0.15, 0.2) is 30.5 Å². The van der Waals surface area contributed by atoms with Gasteiger partial charge in [-0.3, -0.25) is 4.68 Å². The van der Waals surface area contributed by atoms with Crippen molar-refractivity contribution in [1.82, 2.24) is 9.78 Å². The molecular weight excluding hydrogens is 322 g/mol. The first-order valence-corrected chi connectivity index (χ1v) is 6.05. The van der Waals surface area contributed by atoms with E-state index in [0.717, 1.165) is 10.2 Å². The summed E-state index contributed by atoms with van der Waals surface area (Å²) in [5.41, 5.74) is 2.51. The standard InChI is InChI=1S/C11H10ClIN2/c1-8-3-2-4-9(5-8)6-15-7-10(12)11(13)14-15/h2-5,7H,6H2,1H3. The third kappa shape index (κ3) is 2.72. The molecular formula is C11H10ClIN2. The average molecular weight is 333 g/mol.